The van der Waals surface area contributed by atoms with Gasteiger partial charge in [-0.15, -0.1) is 0 Å². The van der Waals surface area contributed by atoms with Crippen molar-refractivity contribution in [3.8, 4) is 0 Å². The molecule has 35 heavy (non-hydrogen) atoms. The number of rotatable bonds is 11. The summed E-state index contributed by atoms with van der Waals surface area (Å²) in [6.45, 7) is 6.44. The fourth-order valence-electron chi connectivity index (χ4n) is 4.97. The number of nitrogens with two attached hydrogens (primary N) is 1. The Morgan fingerprint density at radius 3 is 2.03 bits per heavy atom. The zero-order valence-electron chi connectivity index (χ0n) is 20.6. The van der Waals surface area contributed by atoms with Gasteiger partial charge in [0.25, 0.3) is 8.32 Å². The van der Waals surface area contributed by atoms with Gasteiger partial charge in [-0.25, -0.2) is 13.6 Å². The molecule has 1 amide bonds. The summed E-state index contributed by atoms with van der Waals surface area (Å²) in [6, 6.07) is 20.3. The average molecular weight is 517 g/mol. The van der Waals surface area contributed by atoms with Gasteiger partial charge in [-0.3, -0.25) is 4.79 Å². The molecule has 0 saturated heterocycles. The first kappa shape index (κ1) is 27.3. The highest BCUT2D eigenvalue weighted by Gasteiger charge is 2.53. The Kier molecular flexibility index (Phi) is 8.69. The molecular formula is C26H36N2O5SSi. The first-order valence-corrected chi connectivity index (χ1v) is 15.6. The highest BCUT2D eigenvalue weighted by atomic mass is 32.2. The second kappa shape index (κ2) is 11.2. The minimum Gasteiger partial charge on any atom is -0.404 e. The number of benzene rings is 2. The molecule has 1 aliphatic rings. The van der Waals surface area contributed by atoms with Crippen LogP contribution in [0.2, 0.25) is 5.04 Å². The van der Waals surface area contributed by atoms with Crippen molar-refractivity contribution in [2.24, 2.45) is 17.0 Å². The van der Waals surface area contributed by atoms with Crippen molar-refractivity contribution >= 4 is 40.9 Å². The summed E-state index contributed by atoms with van der Waals surface area (Å²) in [6.07, 6.45) is 2.11. The van der Waals surface area contributed by atoms with Crippen LogP contribution in [0.4, 0.5) is 0 Å². The molecule has 0 spiro atoms. The van der Waals surface area contributed by atoms with Crippen LogP contribution in [0.5, 0.6) is 0 Å². The lowest BCUT2D eigenvalue weighted by Gasteiger charge is -2.49. The Bertz CT molecular complexity index is 1060. The lowest BCUT2D eigenvalue weighted by atomic mass is 9.71. The molecule has 0 radical (unpaired) electrons. The Morgan fingerprint density at radius 2 is 1.63 bits per heavy atom. The maximum absolute atomic E-state index is 12.9. The summed E-state index contributed by atoms with van der Waals surface area (Å²) in [5.41, 5.74) is 0. The Balaban J connectivity index is 2.01. The molecule has 2 unspecified atom stereocenters. The van der Waals surface area contributed by atoms with Crippen LogP contribution >= 0.6 is 0 Å². The highest BCUT2D eigenvalue weighted by molar-refractivity contribution is 7.89. The minimum absolute atomic E-state index is 0.0458. The fourth-order valence-corrected chi connectivity index (χ4v) is 10.1. The summed E-state index contributed by atoms with van der Waals surface area (Å²) in [7, 11) is -6.62. The molecule has 3 rings (SSSR count). The monoisotopic (exact) mass is 516 g/mol. The van der Waals surface area contributed by atoms with E-state index in [2.05, 4.69) is 50.4 Å². The summed E-state index contributed by atoms with van der Waals surface area (Å²) >= 11 is 0. The van der Waals surface area contributed by atoms with E-state index in [9.17, 15) is 18.0 Å². The number of sulfonamides is 1. The third kappa shape index (κ3) is 6.46. The number of hydrogen-bond acceptors (Lipinski definition) is 5. The van der Waals surface area contributed by atoms with E-state index in [1.165, 1.54) is 0 Å². The number of carbonyl (C=O) groups is 2. The summed E-state index contributed by atoms with van der Waals surface area (Å²) in [5, 5.41) is 9.64. The summed E-state index contributed by atoms with van der Waals surface area (Å²) < 4.78 is 29.7. The smallest absolute Gasteiger partial charge is 0.261 e. The fraction of sp³-hybridized carbons (Fsp3) is 0.462. The van der Waals surface area contributed by atoms with Crippen molar-refractivity contribution in [1.29, 1.82) is 0 Å². The molecule has 7 nitrogen and oxygen atoms in total. The number of carbonyl (C=O) groups excluding carboxylic acids is 2. The Morgan fingerprint density at radius 1 is 1.09 bits per heavy atom. The number of aldehydes is 1. The molecule has 0 aromatic heterocycles. The van der Waals surface area contributed by atoms with Crippen LogP contribution in [-0.4, -0.2) is 47.3 Å². The van der Waals surface area contributed by atoms with Crippen LogP contribution in [0, 0.1) is 11.8 Å². The number of nitrogens with one attached hydrogen (secondary N) is 1. The van der Waals surface area contributed by atoms with E-state index in [0.29, 0.717) is 0 Å². The molecule has 0 heterocycles. The third-order valence-corrected chi connectivity index (χ3v) is 12.7. The maximum atomic E-state index is 12.9. The average Bonchev–Trinajstić information content (AvgIpc) is 2.76. The highest BCUT2D eigenvalue weighted by Crippen LogP contribution is 2.43. The second-order valence-electron chi connectivity index (χ2n) is 10.3. The minimum atomic E-state index is -3.68. The first-order chi connectivity index (χ1) is 16.5. The molecule has 3 atom stereocenters. The molecule has 190 valence electrons. The Labute approximate surface area is 209 Å². The van der Waals surface area contributed by atoms with Crippen molar-refractivity contribution in [3.05, 3.63) is 60.7 Å². The molecule has 1 fully saturated rings. The second-order valence-corrected chi connectivity index (χ2v) is 16.3. The normalized spacial score (nSPS) is 19.4. The van der Waals surface area contributed by atoms with E-state index >= 15 is 0 Å². The van der Waals surface area contributed by atoms with E-state index < -0.39 is 24.4 Å². The van der Waals surface area contributed by atoms with Gasteiger partial charge < -0.3 is 14.5 Å². The van der Waals surface area contributed by atoms with Gasteiger partial charge in [0.15, 0.2) is 0 Å². The van der Waals surface area contributed by atoms with Gasteiger partial charge in [-0.2, -0.15) is 0 Å². The van der Waals surface area contributed by atoms with Crippen LogP contribution in [0.3, 0.4) is 0 Å². The molecule has 2 aromatic rings. The predicted molar refractivity (Wildman–Crippen MR) is 140 cm³/mol. The van der Waals surface area contributed by atoms with Crippen molar-refractivity contribution in [3.63, 3.8) is 0 Å². The largest absolute Gasteiger partial charge is 0.404 e. The predicted octanol–water partition coefficient (Wildman–Crippen LogP) is 1.95. The molecular weight excluding hydrogens is 480 g/mol. The van der Waals surface area contributed by atoms with E-state index in [4.69, 9.17) is 9.56 Å². The first-order valence-electron chi connectivity index (χ1n) is 12.0. The number of amides is 1. The van der Waals surface area contributed by atoms with Gasteiger partial charge in [0, 0.05) is 12.5 Å². The topological polar surface area (TPSA) is 116 Å². The van der Waals surface area contributed by atoms with Crippen LogP contribution in [-0.2, 0) is 24.0 Å². The van der Waals surface area contributed by atoms with Gasteiger partial charge >= 0.3 is 0 Å². The molecule has 0 bridgehead atoms. The zero-order valence-corrected chi connectivity index (χ0v) is 22.5. The molecule has 3 N–H and O–H groups in total. The van der Waals surface area contributed by atoms with Crippen LogP contribution < -0.4 is 20.8 Å². The van der Waals surface area contributed by atoms with Gasteiger partial charge in [-0.05, 0) is 34.2 Å². The standard InChI is InChI=1S/C26H36N2O5SSi/c1-26(2,3)35(21-10-6-4-7-11-21,22-12-8-5-9-13-22)33-24(23-15-14-20(23)19-29)18-25(30)28-16-17-34(27,31)32/h4-13,19-20,23-24H,14-18H2,1-3H3,(H,28,30)(H2,27,31,32)/t20?,23?,24-/m1/s1. The van der Waals surface area contributed by atoms with Crippen LogP contribution in [0.15, 0.2) is 60.7 Å². The Hall–Kier alpha value is -2.33. The molecule has 1 aliphatic carbocycles. The molecule has 2 aromatic carbocycles. The van der Waals surface area contributed by atoms with E-state index in [1.807, 2.05) is 36.4 Å². The van der Waals surface area contributed by atoms with Crippen molar-refractivity contribution in [1.82, 2.24) is 5.32 Å². The maximum Gasteiger partial charge on any atom is 0.261 e. The summed E-state index contributed by atoms with van der Waals surface area (Å²) in [5.74, 6) is -0.874. The van der Waals surface area contributed by atoms with Gasteiger partial charge in [0.1, 0.15) is 6.29 Å². The lowest BCUT2D eigenvalue weighted by Crippen LogP contribution is -2.68. The van der Waals surface area contributed by atoms with Crippen LogP contribution in [0.25, 0.3) is 0 Å². The zero-order chi connectivity index (χ0) is 25.7. The van der Waals surface area contributed by atoms with Crippen molar-refractivity contribution < 1.29 is 22.4 Å². The van der Waals surface area contributed by atoms with Crippen molar-refractivity contribution in [2.45, 2.75) is 51.2 Å². The number of hydrogen-bond donors (Lipinski definition) is 2. The molecule has 9 heteroatoms. The van der Waals surface area contributed by atoms with E-state index in [-0.39, 0.29) is 41.5 Å². The third-order valence-electron chi connectivity index (χ3n) is 6.88. The van der Waals surface area contributed by atoms with E-state index in [1.54, 1.807) is 0 Å². The van der Waals surface area contributed by atoms with Crippen molar-refractivity contribution in [2.75, 3.05) is 12.3 Å². The lowest BCUT2D eigenvalue weighted by molar-refractivity contribution is -0.127. The summed E-state index contributed by atoms with van der Waals surface area (Å²) in [4.78, 5) is 24.6. The van der Waals surface area contributed by atoms with E-state index in [0.717, 1.165) is 29.5 Å². The quantitative estimate of drug-likeness (QED) is 0.350. The number of primary sulfonamides is 1. The molecule has 1 saturated carbocycles. The van der Waals surface area contributed by atoms with Gasteiger partial charge in [-0.1, -0.05) is 81.4 Å². The van der Waals surface area contributed by atoms with Gasteiger partial charge in [0.05, 0.1) is 18.3 Å². The molecule has 0 aliphatic heterocycles. The van der Waals surface area contributed by atoms with Gasteiger partial charge in [0.2, 0.25) is 15.9 Å². The SMILES string of the molecule is CC(C)(C)[Si](O[C@H](CC(=O)NCCS(N)(=O)=O)C1CCC1C=O)(c1ccccc1)c1ccccc1. The van der Waals surface area contributed by atoms with Crippen LogP contribution in [0.1, 0.15) is 40.0 Å².